The van der Waals surface area contributed by atoms with Crippen LogP contribution in [0.2, 0.25) is 0 Å². The normalized spacial score (nSPS) is 23.4. The second-order valence-electron chi connectivity index (χ2n) is 10.6. The molecule has 1 aromatic heterocycles. The number of esters is 1. The van der Waals surface area contributed by atoms with Gasteiger partial charge in [0.15, 0.2) is 5.12 Å². The molecule has 0 saturated carbocycles. The fraction of sp³-hybridized carbons (Fsp3) is 0.655. The number of rotatable bonds is 13. The third-order valence-electron chi connectivity index (χ3n) is 6.86. The first kappa shape index (κ1) is 34.3. The number of nitrogens with zero attached hydrogens (tertiary/aromatic N) is 2. The third kappa shape index (κ3) is 11.1. The Morgan fingerprint density at radius 2 is 2.05 bits per heavy atom. The molecular formula is C29H43N5O5S3. The summed E-state index contributed by atoms with van der Waals surface area (Å²) >= 11 is 4.15. The van der Waals surface area contributed by atoms with Gasteiger partial charge in [-0.25, -0.2) is 9.78 Å². The molecule has 3 rings (SSSR count). The highest BCUT2D eigenvalue weighted by Gasteiger charge is 2.41. The maximum absolute atomic E-state index is 13.3. The van der Waals surface area contributed by atoms with Crippen LogP contribution in [0.4, 0.5) is 0 Å². The first-order valence-corrected chi connectivity index (χ1v) is 17.6. The monoisotopic (exact) mass is 637 g/mol. The van der Waals surface area contributed by atoms with E-state index in [1.807, 2.05) is 11.5 Å². The first-order valence-electron chi connectivity index (χ1n) is 14.7. The summed E-state index contributed by atoms with van der Waals surface area (Å²) in [7, 11) is 0. The molecule has 2 amide bonds. The second-order valence-corrected chi connectivity index (χ2v) is 13.7. The van der Waals surface area contributed by atoms with E-state index in [2.05, 4.69) is 27.5 Å². The number of nitrogens with two attached hydrogens (primary N) is 1. The highest BCUT2D eigenvalue weighted by Crippen LogP contribution is 2.32. The number of carbonyl (C=O) groups excluding carboxylic acids is 4. The summed E-state index contributed by atoms with van der Waals surface area (Å²) in [5.41, 5.74) is 5.31. The van der Waals surface area contributed by atoms with E-state index in [-0.39, 0.29) is 29.9 Å². The number of thiazole rings is 1. The number of hydrogen-bond donors (Lipinski definition) is 3. The summed E-state index contributed by atoms with van der Waals surface area (Å²) in [6.45, 7) is 4.49. The van der Waals surface area contributed by atoms with Crippen LogP contribution in [0.25, 0.3) is 0 Å². The van der Waals surface area contributed by atoms with Crippen LogP contribution in [-0.2, 0) is 30.5 Å². The molecule has 3 heterocycles. The standard InChI is InChI=1S/C29H43N5O5S3/c1-3-4-5-6-7-13-25(36)40-15-9-8-11-20-16-23(35)31-17-24-32-22(18-41-24)26-34-29(2,19-42-26)28(38)33-21(12-10-14-30)27(37)39-20/h8,11,18,20-21H,3-7,9-10,12-17,19,30H2,1-2H3,(H,31,35)(H,33,38)/b11-8+/t20-,21+,29+/m1/s1. The van der Waals surface area contributed by atoms with E-state index in [1.165, 1.54) is 54.1 Å². The van der Waals surface area contributed by atoms with Crippen LogP contribution in [0.3, 0.4) is 0 Å². The summed E-state index contributed by atoms with van der Waals surface area (Å²) in [5.74, 6) is -0.265. The Balaban J connectivity index is 1.67. The zero-order valence-electron chi connectivity index (χ0n) is 24.5. The zero-order chi connectivity index (χ0) is 30.4. The average molecular weight is 638 g/mol. The molecule has 4 bridgehead atoms. The lowest BCUT2D eigenvalue weighted by molar-refractivity contribution is -0.152. The van der Waals surface area contributed by atoms with Crippen molar-refractivity contribution in [2.45, 2.75) is 102 Å². The summed E-state index contributed by atoms with van der Waals surface area (Å²) in [6.07, 6.45) is 10.1. The smallest absolute Gasteiger partial charge is 0.329 e. The van der Waals surface area contributed by atoms with Gasteiger partial charge in [-0.2, -0.15) is 0 Å². The second kappa shape index (κ2) is 17.8. The molecule has 0 unspecified atom stereocenters. The van der Waals surface area contributed by atoms with E-state index < -0.39 is 23.7 Å². The Labute approximate surface area is 260 Å². The van der Waals surface area contributed by atoms with Crippen LogP contribution < -0.4 is 16.4 Å². The van der Waals surface area contributed by atoms with Gasteiger partial charge in [0.05, 0.1) is 13.0 Å². The largest absolute Gasteiger partial charge is 0.456 e. The molecule has 4 N–H and O–H groups in total. The molecule has 0 aliphatic carbocycles. The number of hydrogen-bond acceptors (Lipinski definition) is 11. The first-order chi connectivity index (χ1) is 20.2. The lowest BCUT2D eigenvalue weighted by atomic mass is 10.0. The molecule has 3 atom stereocenters. The number of aromatic nitrogens is 1. The van der Waals surface area contributed by atoms with Crippen LogP contribution in [-0.4, -0.2) is 68.7 Å². The predicted molar refractivity (Wildman–Crippen MR) is 171 cm³/mol. The number of amides is 2. The lowest BCUT2D eigenvalue weighted by Gasteiger charge is -2.25. The number of aliphatic imine (C=N–C) groups is 1. The maximum atomic E-state index is 13.3. The molecule has 2 aliphatic rings. The predicted octanol–water partition coefficient (Wildman–Crippen LogP) is 4.12. The molecule has 232 valence electrons. The van der Waals surface area contributed by atoms with Crippen molar-refractivity contribution in [2.75, 3.05) is 18.1 Å². The molecule has 13 heteroatoms. The molecular weight excluding hydrogens is 595 g/mol. The van der Waals surface area contributed by atoms with Gasteiger partial charge in [0.2, 0.25) is 11.8 Å². The van der Waals surface area contributed by atoms with Gasteiger partial charge in [0, 0.05) is 23.3 Å². The number of cyclic esters (lactones) is 1. The minimum atomic E-state index is -1.06. The molecule has 10 nitrogen and oxygen atoms in total. The number of allylic oxidation sites excluding steroid dienone is 1. The highest BCUT2D eigenvalue weighted by atomic mass is 32.2. The minimum absolute atomic E-state index is 0.0812. The van der Waals surface area contributed by atoms with Crippen LogP contribution in [0, 0.1) is 0 Å². The summed E-state index contributed by atoms with van der Waals surface area (Å²) in [4.78, 5) is 60.8. The lowest BCUT2D eigenvalue weighted by Crippen LogP contribution is -2.51. The van der Waals surface area contributed by atoms with Crippen LogP contribution in [0.1, 0.15) is 88.8 Å². The zero-order valence-corrected chi connectivity index (χ0v) is 27.0. The molecule has 0 spiro atoms. The Kier molecular flexibility index (Phi) is 14.5. The van der Waals surface area contributed by atoms with Gasteiger partial charge < -0.3 is 21.1 Å². The van der Waals surface area contributed by atoms with Crippen molar-refractivity contribution >= 4 is 62.8 Å². The van der Waals surface area contributed by atoms with Crippen molar-refractivity contribution in [3.8, 4) is 0 Å². The van der Waals surface area contributed by atoms with E-state index in [9.17, 15) is 19.2 Å². The molecule has 42 heavy (non-hydrogen) atoms. The van der Waals surface area contributed by atoms with E-state index >= 15 is 0 Å². The van der Waals surface area contributed by atoms with E-state index in [4.69, 9.17) is 10.5 Å². The van der Waals surface area contributed by atoms with Crippen molar-refractivity contribution in [1.82, 2.24) is 15.6 Å². The van der Waals surface area contributed by atoms with E-state index in [1.54, 1.807) is 13.0 Å². The molecule has 2 aliphatic heterocycles. The quantitative estimate of drug-likeness (QED) is 0.165. The Morgan fingerprint density at radius 3 is 2.83 bits per heavy atom. The number of nitrogens with one attached hydrogen (secondary N) is 2. The Hall–Kier alpha value is -2.22. The van der Waals surface area contributed by atoms with Crippen molar-refractivity contribution in [3.05, 3.63) is 28.2 Å². The molecule has 0 fully saturated rings. The fourth-order valence-corrected chi connectivity index (χ4v) is 7.06. The topological polar surface area (TPSA) is 153 Å². The number of thioether (sulfide) groups is 2. The fourth-order valence-electron chi connectivity index (χ4n) is 4.36. The van der Waals surface area contributed by atoms with Gasteiger partial charge >= 0.3 is 5.97 Å². The Morgan fingerprint density at radius 1 is 1.24 bits per heavy atom. The summed E-state index contributed by atoms with van der Waals surface area (Å²) < 4.78 is 5.76. The van der Waals surface area contributed by atoms with Crippen molar-refractivity contribution < 1.29 is 23.9 Å². The van der Waals surface area contributed by atoms with E-state index in [0.29, 0.717) is 59.5 Å². The number of ether oxygens (including phenoxy) is 1. The van der Waals surface area contributed by atoms with Crippen molar-refractivity contribution in [2.24, 2.45) is 10.7 Å². The molecule has 0 saturated heterocycles. The van der Waals surface area contributed by atoms with E-state index in [0.717, 1.165) is 12.8 Å². The van der Waals surface area contributed by atoms with Gasteiger partial charge in [-0.3, -0.25) is 19.4 Å². The molecule has 1 aromatic rings. The molecule has 0 aromatic carbocycles. The van der Waals surface area contributed by atoms with Gasteiger partial charge in [0.1, 0.15) is 33.4 Å². The number of fused-ring (bicyclic) bond motifs is 4. The van der Waals surface area contributed by atoms with Crippen molar-refractivity contribution in [1.29, 1.82) is 0 Å². The third-order valence-corrected chi connectivity index (χ3v) is 9.95. The Bertz CT molecular complexity index is 1140. The minimum Gasteiger partial charge on any atom is -0.456 e. The van der Waals surface area contributed by atoms with Gasteiger partial charge in [-0.15, -0.1) is 23.1 Å². The summed E-state index contributed by atoms with van der Waals surface area (Å²) in [6, 6.07) is -0.926. The van der Waals surface area contributed by atoms with Crippen LogP contribution in [0.15, 0.2) is 22.5 Å². The number of carbonyl (C=O) groups is 4. The molecule has 0 radical (unpaired) electrons. The summed E-state index contributed by atoms with van der Waals surface area (Å²) in [5, 5.41) is 9.11. The van der Waals surface area contributed by atoms with Gasteiger partial charge in [-0.05, 0) is 45.2 Å². The number of unbranched alkanes of at least 4 members (excludes halogenated alkanes) is 4. The SMILES string of the molecule is CCCCCCCC(=O)SCC/C=C/[C@@H]1CC(=O)NCc2nc(cs2)C2=N[C@@](C)(CS2)C(=O)N[C@@H](CCCN)C(=O)O1. The van der Waals surface area contributed by atoms with Crippen LogP contribution >= 0.6 is 34.9 Å². The maximum Gasteiger partial charge on any atom is 0.329 e. The van der Waals surface area contributed by atoms with Gasteiger partial charge in [-0.1, -0.05) is 50.4 Å². The van der Waals surface area contributed by atoms with Crippen molar-refractivity contribution in [3.63, 3.8) is 0 Å². The highest BCUT2D eigenvalue weighted by molar-refractivity contribution is 8.14. The van der Waals surface area contributed by atoms with Crippen LogP contribution in [0.5, 0.6) is 0 Å². The van der Waals surface area contributed by atoms with Gasteiger partial charge in [0.25, 0.3) is 0 Å². The average Bonchev–Trinajstić information content (AvgIpc) is 3.60.